The van der Waals surface area contributed by atoms with Gasteiger partial charge in [-0.25, -0.2) is 0 Å². The Hall–Kier alpha value is -1.53. The summed E-state index contributed by atoms with van der Waals surface area (Å²) in [5.41, 5.74) is 0. The van der Waals surface area contributed by atoms with Gasteiger partial charge in [-0.15, -0.1) is 12.3 Å². The summed E-state index contributed by atoms with van der Waals surface area (Å²) in [7, 11) is 0. The first-order valence-electron chi connectivity index (χ1n) is 6.95. The standard InChI is InChI=1S/C16H23NO2/c1-2-3-4-5-6-7-8-9-16(18)17-14-15-10-12-19-13-11-15/h1,6-9,15H,3-5,10-14H2,(H,17,18). The minimum atomic E-state index is -0.0280. The van der Waals surface area contributed by atoms with Crippen LogP contribution < -0.4 is 5.32 Å². The van der Waals surface area contributed by atoms with E-state index in [1.807, 2.05) is 12.2 Å². The second-order valence-corrected chi connectivity index (χ2v) is 4.68. The first kappa shape index (κ1) is 15.5. The van der Waals surface area contributed by atoms with E-state index in [1.165, 1.54) is 0 Å². The summed E-state index contributed by atoms with van der Waals surface area (Å²) in [5, 5.41) is 2.92. The Kier molecular flexibility index (Phi) is 8.50. The van der Waals surface area contributed by atoms with Gasteiger partial charge in [-0.05, 0) is 31.6 Å². The second-order valence-electron chi connectivity index (χ2n) is 4.68. The predicted octanol–water partition coefficient (Wildman–Crippen LogP) is 2.45. The second kappa shape index (κ2) is 10.4. The number of unbranched alkanes of at least 4 members (excludes halogenated alkanes) is 2. The summed E-state index contributed by atoms with van der Waals surface area (Å²) < 4.78 is 5.28. The van der Waals surface area contributed by atoms with Gasteiger partial charge in [0, 0.05) is 32.3 Å². The van der Waals surface area contributed by atoms with Crippen molar-refractivity contribution in [3.8, 4) is 12.3 Å². The van der Waals surface area contributed by atoms with Gasteiger partial charge in [-0.2, -0.15) is 0 Å². The lowest BCUT2D eigenvalue weighted by Gasteiger charge is -2.21. The molecule has 1 fully saturated rings. The predicted molar refractivity (Wildman–Crippen MR) is 77.5 cm³/mol. The lowest BCUT2D eigenvalue weighted by Crippen LogP contribution is -2.31. The fourth-order valence-corrected chi connectivity index (χ4v) is 1.89. The highest BCUT2D eigenvalue weighted by atomic mass is 16.5. The van der Waals surface area contributed by atoms with E-state index >= 15 is 0 Å². The molecule has 1 N–H and O–H groups in total. The number of hydrogen-bond donors (Lipinski definition) is 1. The lowest BCUT2D eigenvalue weighted by atomic mass is 10.0. The summed E-state index contributed by atoms with van der Waals surface area (Å²) in [6, 6.07) is 0. The summed E-state index contributed by atoms with van der Waals surface area (Å²) >= 11 is 0. The number of carbonyl (C=O) groups excluding carboxylic acids is 1. The molecule has 0 unspecified atom stereocenters. The average Bonchev–Trinajstić information content (AvgIpc) is 2.45. The number of ether oxygens (including phenoxy) is 1. The van der Waals surface area contributed by atoms with Crippen molar-refractivity contribution in [1.82, 2.24) is 5.32 Å². The molecule has 1 aliphatic rings. The zero-order valence-corrected chi connectivity index (χ0v) is 11.4. The highest BCUT2D eigenvalue weighted by Gasteiger charge is 2.13. The maximum Gasteiger partial charge on any atom is 0.243 e. The van der Waals surface area contributed by atoms with E-state index in [0.717, 1.165) is 51.9 Å². The van der Waals surface area contributed by atoms with Crippen molar-refractivity contribution in [2.75, 3.05) is 19.8 Å². The first-order chi connectivity index (χ1) is 9.33. The SMILES string of the molecule is C#CCCCC=CC=CC(=O)NCC1CCOCC1. The van der Waals surface area contributed by atoms with Gasteiger partial charge < -0.3 is 10.1 Å². The molecule has 104 valence electrons. The highest BCUT2D eigenvalue weighted by molar-refractivity contribution is 5.87. The summed E-state index contributed by atoms with van der Waals surface area (Å²) in [5.74, 6) is 3.13. The molecule has 0 spiro atoms. The summed E-state index contributed by atoms with van der Waals surface area (Å²) in [6.45, 7) is 2.38. The van der Waals surface area contributed by atoms with Gasteiger partial charge in [0.2, 0.25) is 5.91 Å². The van der Waals surface area contributed by atoms with Crippen molar-refractivity contribution in [2.24, 2.45) is 5.92 Å². The highest BCUT2D eigenvalue weighted by Crippen LogP contribution is 2.12. The van der Waals surface area contributed by atoms with Gasteiger partial charge in [0.05, 0.1) is 0 Å². The third-order valence-electron chi connectivity index (χ3n) is 3.09. The van der Waals surface area contributed by atoms with E-state index < -0.39 is 0 Å². The molecular formula is C16H23NO2. The van der Waals surface area contributed by atoms with Crippen LogP contribution in [-0.2, 0) is 9.53 Å². The van der Waals surface area contributed by atoms with Gasteiger partial charge in [0.15, 0.2) is 0 Å². The van der Waals surface area contributed by atoms with E-state index in [1.54, 1.807) is 12.2 Å². The Morgan fingerprint density at radius 3 is 2.89 bits per heavy atom. The normalized spacial score (nSPS) is 16.8. The third-order valence-corrected chi connectivity index (χ3v) is 3.09. The van der Waals surface area contributed by atoms with Crippen molar-refractivity contribution >= 4 is 5.91 Å². The zero-order chi connectivity index (χ0) is 13.8. The molecule has 19 heavy (non-hydrogen) atoms. The van der Waals surface area contributed by atoms with Gasteiger partial charge in [0.25, 0.3) is 0 Å². The number of amides is 1. The maximum absolute atomic E-state index is 11.5. The molecule has 0 aliphatic carbocycles. The van der Waals surface area contributed by atoms with E-state index in [9.17, 15) is 4.79 Å². The molecule has 0 aromatic carbocycles. The Bertz CT molecular complexity index is 346. The molecule has 3 heteroatoms. The molecule has 1 rings (SSSR count). The van der Waals surface area contributed by atoms with Crippen LogP contribution in [-0.4, -0.2) is 25.7 Å². The molecule has 0 atom stereocenters. The smallest absolute Gasteiger partial charge is 0.243 e. The molecule has 3 nitrogen and oxygen atoms in total. The molecular weight excluding hydrogens is 238 g/mol. The van der Waals surface area contributed by atoms with Crippen LogP contribution in [0.3, 0.4) is 0 Å². The number of rotatable bonds is 7. The van der Waals surface area contributed by atoms with E-state index in [0.29, 0.717) is 5.92 Å². The molecule has 0 saturated carbocycles. The maximum atomic E-state index is 11.5. The van der Waals surface area contributed by atoms with Crippen molar-refractivity contribution in [1.29, 1.82) is 0 Å². The third kappa shape index (κ3) is 8.23. The van der Waals surface area contributed by atoms with E-state index in [-0.39, 0.29) is 5.91 Å². The molecule has 0 aromatic rings. The summed E-state index contributed by atoms with van der Waals surface area (Å²) in [6.07, 6.45) is 17.3. The van der Waals surface area contributed by atoms with E-state index in [4.69, 9.17) is 11.2 Å². The van der Waals surface area contributed by atoms with E-state index in [2.05, 4.69) is 11.2 Å². The quantitative estimate of drug-likeness (QED) is 0.331. The van der Waals surface area contributed by atoms with Gasteiger partial charge in [0.1, 0.15) is 0 Å². The molecule has 1 heterocycles. The first-order valence-corrected chi connectivity index (χ1v) is 6.95. The Morgan fingerprint density at radius 1 is 1.37 bits per heavy atom. The molecule has 0 radical (unpaired) electrons. The zero-order valence-electron chi connectivity index (χ0n) is 11.4. The van der Waals surface area contributed by atoms with Crippen molar-refractivity contribution in [2.45, 2.75) is 32.1 Å². The van der Waals surface area contributed by atoms with Gasteiger partial charge in [-0.3, -0.25) is 4.79 Å². The minimum Gasteiger partial charge on any atom is -0.381 e. The Morgan fingerprint density at radius 2 is 2.16 bits per heavy atom. The van der Waals surface area contributed by atoms with Crippen LogP contribution in [0.25, 0.3) is 0 Å². The number of terminal acetylenes is 1. The molecule has 1 aliphatic heterocycles. The van der Waals surface area contributed by atoms with Crippen LogP contribution in [0.1, 0.15) is 32.1 Å². The van der Waals surface area contributed by atoms with Crippen LogP contribution in [0.15, 0.2) is 24.3 Å². The molecule has 0 aromatic heterocycles. The fraction of sp³-hybridized carbons (Fsp3) is 0.562. The van der Waals surface area contributed by atoms with Crippen LogP contribution in [0.2, 0.25) is 0 Å². The van der Waals surface area contributed by atoms with Crippen LogP contribution in [0.5, 0.6) is 0 Å². The number of hydrogen-bond acceptors (Lipinski definition) is 2. The fourth-order valence-electron chi connectivity index (χ4n) is 1.89. The minimum absolute atomic E-state index is 0.0280. The van der Waals surface area contributed by atoms with Crippen LogP contribution >= 0.6 is 0 Å². The number of carbonyl (C=O) groups is 1. The van der Waals surface area contributed by atoms with Crippen molar-refractivity contribution in [3.63, 3.8) is 0 Å². The lowest BCUT2D eigenvalue weighted by molar-refractivity contribution is -0.116. The average molecular weight is 261 g/mol. The Labute approximate surface area is 116 Å². The topological polar surface area (TPSA) is 38.3 Å². The molecule has 1 saturated heterocycles. The number of nitrogens with one attached hydrogen (secondary N) is 1. The van der Waals surface area contributed by atoms with Crippen LogP contribution in [0.4, 0.5) is 0 Å². The molecule has 0 bridgehead atoms. The monoisotopic (exact) mass is 261 g/mol. The van der Waals surface area contributed by atoms with Gasteiger partial charge in [-0.1, -0.05) is 18.2 Å². The number of allylic oxidation sites excluding steroid dienone is 3. The Balaban J connectivity index is 2.07. The van der Waals surface area contributed by atoms with Crippen molar-refractivity contribution < 1.29 is 9.53 Å². The van der Waals surface area contributed by atoms with Gasteiger partial charge >= 0.3 is 0 Å². The van der Waals surface area contributed by atoms with Crippen LogP contribution in [0, 0.1) is 18.3 Å². The van der Waals surface area contributed by atoms with Crippen molar-refractivity contribution in [3.05, 3.63) is 24.3 Å². The largest absolute Gasteiger partial charge is 0.381 e. The summed E-state index contributed by atoms with van der Waals surface area (Å²) in [4.78, 5) is 11.5. The molecule has 1 amide bonds.